The Morgan fingerprint density at radius 1 is 1.29 bits per heavy atom. The fourth-order valence-electron chi connectivity index (χ4n) is 4.72. The van der Waals surface area contributed by atoms with Crippen molar-refractivity contribution >= 4 is 17.8 Å². The summed E-state index contributed by atoms with van der Waals surface area (Å²) in [7, 11) is 0. The van der Waals surface area contributed by atoms with Crippen LogP contribution in [-0.4, -0.2) is 57.7 Å². The highest BCUT2D eigenvalue weighted by atomic mass is 19.3. The molecule has 1 fully saturated rings. The lowest BCUT2D eigenvalue weighted by Gasteiger charge is -2.43. The van der Waals surface area contributed by atoms with Crippen LogP contribution in [0.15, 0.2) is 30.5 Å². The number of anilines is 2. The van der Waals surface area contributed by atoms with Gasteiger partial charge in [-0.05, 0) is 37.6 Å². The van der Waals surface area contributed by atoms with E-state index in [1.54, 1.807) is 18.7 Å². The molecule has 8 nitrogen and oxygen atoms in total. The molecule has 11 heteroatoms. The van der Waals surface area contributed by atoms with Crippen LogP contribution in [0.3, 0.4) is 0 Å². The molecule has 1 aromatic carbocycles. The van der Waals surface area contributed by atoms with Gasteiger partial charge >= 0.3 is 0 Å². The van der Waals surface area contributed by atoms with Gasteiger partial charge in [0, 0.05) is 35.9 Å². The minimum atomic E-state index is -2.72. The maximum Gasteiger partial charge on any atom is 0.263 e. The summed E-state index contributed by atoms with van der Waals surface area (Å²) in [4.78, 5) is 16.9. The zero-order valence-electron chi connectivity index (χ0n) is 18.9. The molecule has 0 amide bonds. The Hall–Kier alpha value is -3.89. The van der Waals surface area contributed by atoms with E-state index in [2.05, 4.69) is 20.5 Å². The third kappa shape index (κ3) is 3.62. The van der Waals surface area contributed by atoms with Gasteiger partial charge in [0.2, 0.25) is 5.88 Å². The molecule has 2 aliphatic rings. The van der Waals surface area contributed by atoms with Crippen LogP contribution in [0.5, 0.6) is 11.6 Å². The number of rotatable bonds is 5. The Balaban J connectivity index is 1.51. The zero-order chi connectivity index (χ0) is 24.9. The van der Waals surface area contributed by atoms with E-state index >= 15 is 0 Å². The summed E-state index contributed by atoms with van der Waals surface area (Å²) in [5, 5.41) is 21.2. The normalized spacial score (nSPS) is 20.9. The molecule has 1 saturated heterocycles. The van der Waals surface area contributed by atoms with Crippen LogP contribution < -0.4 is 15.0 Å². The van der Waals surface area contributed by atoms with Gasteiger partial charge in [-0.15, -0.1) is 10.2 Å². The summed E-state index contributed by atoms with van der Waals surface area (Å²) in [5.74, 6) is -0.824. The number of para-hydroxylation sites is 1. The number of benzene rings is 1. The number of aldehydes is 1. The Kier molecular flexibility index (Phi) is 5.49. The van der Waals surface area contributed by atoms with Gasteiger partial charge in [-0.25, -0.2) is 18.2 Å². The maximum absolute atomic E-state index is 14.5. The first-order valence-electron chi connectivity index (χ1n) is 11.0. The van der Waals surface area contributed by atoms with Crippen LogP contribution in [0, 0.1) is 19.7 Å². The largest absolute Gasteiger partial charge is 0.504 e. The SMILES string of the molecule is Cc1c(C=O)cnc(O[C@H]2CN3c4cc(-c5cccc(F)c5O)nnc4NC[C@@]3(C(F)F)C2)c1C. The molecule has 2 atom stereocenters. The number of carbonyl (C=O) groups excluding carboxylic acids is 1. The Morgan fingerprint density at radius 3 is 2.83 bits per heavy atom. The molecule has 0 saturated carbocycles. The number of nitrogens with zero attached hydrogens (tertiary/aromatic N) is 4. The molecule has 2 N–H and O–H groups in total. The summed E-state index contributed by atoms with van der Waals surface area (Å²) in [5.41, 5.74) is 0.847. The highest BCUT2D eigenvalue weighted by molar-refractivity contribution is 5.78. The first-order chi connectivity index (χ1) is 16.7. The fraction of sp³-hybridized carbons (Fsp3) is 0.333. The van der Waals surface area contributed by atoms with Crippen LogP contribution in [-0.2, 0) is 0 Å². The third-order valence-corrected chi connectivity index (χ3v) is 6.84. The summed E-state index contributed by atoms with van der Waals surface area (Å²) in [6.07, 6.45) is -1.22. The number of halogens is 3. The van der Waals surface area contributed by atoms with Crippen molar-refractivity contribution in [1.29, 1.82) is 0 Å². The topological polar surface area (TPSA) is 100 Å². The van der Waals surface area contributed by atoms with Gasteiger partial charge in [0.15, 0.2) is 23.7 Å². The van der Waals surface area contributed by atoms with Crippen molar-refractivity contribution in [2.45, 2.75) is 38.3 Å². The highest BCUT2D eigenvalue weighted by Crippen LogP contribution is 2.46. The molecule has 2 aromatic heterocycles. The number of hydrogen-bond donors (Lipinski definition) is 2. The van der Waals surface area contributed by atoms with Crippen LogP contribution >= 0.6 is 0 Å². The van der Waals surface area contributed by atoms with Crippen molar-refractivity contribution in [3.05, 3.63) is 53.0 Å². The summed E-state index contributed by atoms with van der Waals surface area (Å²) in [6, 6.07) is 5.51. The van der Waals surface area contributed by atoms with Gasteiger partial charge in [0.25, 0.3) is 6.43 Å². The van der Waals surface area contributed by atoms with Gasteiger partial charge in [-0.2, -0.15) is 0 Å². The predicted molar refractivity (Wildman–Crippen MR) is 122 cm³/mol. The van der Waals surface area contributed by atoms with Crippen LogP contribution in [0.25, 0.3) is 11.3 Å². The molecule has 35 heavy (non-hydrogen) atoms. The number of phenolic OH excluding ortho intramolecular Hbond substituents is 1. The zero-order valence-corrected chi connectivity index (χ0v) is 18.9. The standard InChI is InChI=1S/C24H22F3N5O3/c1-12-13(2)22(28-8-14(12)10-33)35-15-7-24(23(26)27)11-29-21-19(32(24)9-15)6-18(30-31-21)16-4-3-5-17(25)20(16)34/h3-6,8,10,15,23,34H,7,9,11H2,1-2H3,(H,29,31)/t15-,24-/m1/s1. The Morgan fingerprint density at radius 2 is 2.09 bits per heavy atom. The van der Waals surface area contributed by atoms with Crippen LogP contribution in [0.4, 0.5) is 24.7 Å². The second kappa shape index (κ2) is 8.40. The van der Waals surface area contributed by atoms with Crippen molar-refractivity contribution < 1.29 is 27.8 Å². The van der Waals surface area contributed by atoms with Crippen LogP contribution in [0.2, 0.25) is 0 Å². The smallest absolute Gasteiger partial charge is 0.263 e. The van der Waals surface area contributed by atoms with Gasteiger partial charge in [0.05, 0.1) is 17.9 Å². The average molecular weight is 485 g/mol. The molecule has 0 unspecified atom stereocenters. The molecule has 0 bridgehead atoms. The molecular weight excluding hydrogens is 463 g/mol. The summed E-state index contributed by atoms with van der Waals surface area (Å²) < 4.78 is 49.0. The van der Waals surface area contributed by atoms with E-state index in [0.29, 0.717) is 34.5 Å². The predicted octanol–water partition coefficient (Wildman–Crippen LogP) is 3.90. The number of carbonyl (C=O) groups is 1. The minimum Gasteiger partial charge on any atom is -0.504 e. The lowest BCUT2D eigenvalue weighted by molar-refractivity contribution is 0.0528. The van der Waals surface area contributed by atoms with E-state index in [9.17, 15) is 23.1 Å². The average Bonchev–Trinajstić information content (AvgIpc) is 3.24. The quantitative estimate of drug-likeness (QED) is 0.525. The molecule has 2 aliphatic heterocycles. The number of hydrogen-bond acceptors (Lipinski definition) is 8. The third-order valence-electron chi connectivity index (χ3n) is 6.84. The van der Waals surface area contributed by atoms with E-state index in [-0.39, 0.29) is 36.6 Å². The monoisotopic (exact) mass is 485 g/mol. The summed E-state index contributed by atoms with van der Waals surface area (Å²) >= 11 is 0. The van der Waals surface area contributed by atoms with E-state index in [1.165, 1.54) is 24.4 Å². The van der Waals surface area contributed by atoms with Gasteiger partial charge in [0.1, 0.15) is 11.6 Å². The Labute approximate surface area is 198 Å². The lowest BCUT2D eigenvalue weighted by Crippen LogP contribution is -2.57. The van der Waals surface area contributed by atoms with E-state index in [4.69, 9.17) is 4.74 Å². The van der Waals surface area contributed by atoms with E-state index < -0.39 is 29.6 Å². The molecule has 4 heterocycles. The minimum absolute atomic E-state index is 0.00950. The second-order valence-electron chi connectivity index (χ2n) is 8.80. The number of nitrogens with one attached hydrogen (secondary N) is 1. The van der Waals surface area contributed by atoms with Crippen molar-refractivity contribution in [2.24, 2.45) is 0 Å². The van der Waals surface area contributed by atoms with Crippen molar-refractivity contribution in [3.63, 3.8) is 0 Å². The van der Waals surface area contributed by atoms with Gasteiger partial charge in [-0.1, -0.05) is 6.07 Å². The molecule has 0 spiro atoms. The number of aromatic hydroxyl groups is 1. The number of phenols is 1. The lowest BCUT2D eigenvalue weighted by atomic mass is 9.93. The number of alkyl halides is 2. The number of pyridine rings is 1. The molecule has 3 aromatic rings. The summed E-state index contributed by atoms with van der Waals surface area (Å²) in [6.45, 7) is 3.58. The number of ether oxygens (including phenoxy) is 1. The van der Waals surface area contributed by atoms with Crippen molar-refractivity contribution in [3.8, 4) is 22.9 Å². The molecule has 0 aliphatic carbocycles. The Bertz CT molecular complexity index is 1320. The first kappa shape index (κ1) is 22.9. The molecule has 182 valence electrons. The van der Waals surface area contributed by atoms with Gasteiger partial charge in [-0.3, -0.25) is 4.79 Å². The number of aromatic nitrogens is 3. The fourth-order valence-corrected chi connectivity index (χ4v) is 4.72. The van der Waals surface area contributed by atoms with Crippen molar-refractivity contribution in [2.75, 3.05) is 23.3 Å². The molecule has 5 rings (SSSR count). The van der Waals surface area contributed by atoms with Gasteiger partial charge < -0.3 is 20.1 Å². The molecular formula is C24H22F3N5O3. The van der Waals surface area contributed by atoms with E-state index in [1.807, 2.05) is 0 Å². The van der Waals surface area contributed by atoms with Crippen LogP contribution in [0.1, 0.15) is 27.9 Å². The van der Waals surface area contributed by atoms with Crippen molar-refractivity contribution in [1.82, 2.24) is 15.2 Å². The van der Waals surface area contributed by atoms with E-state index in [0.717, 1.165) is 6.07 Å². The highest BCUT2D eigenvalue weighted by Gasteiger charge is 2.56. The molecule has 0 radical (unpaired) electrons. The number of fused-ring (bicyclic) bond motifs is 3. The first-order valence-corrected chi connectivity index (χ1v) is 11.0. The maximum atomic E-state index is 14.5. The second-order valence-corrected chi connectivity index (χ2v) is 8.80.